The van der Waals surface area contributed by atoms with Crippen LogP contribution in [0.1, 0.15) is 6.42 Å². The minimum absolute atomic E-state index is 0.244. The standard InChI is InChI=1S/C9H9F5N2O2S/c10-5-3-6(11)8(4-7(5)15)19(17,18)16-2-1-9(12,13)14/h3-4,16H,1-2,15H2. The number of nitrogens with one attached hydrogen (secondary N) is 1. The number of alkyl halides is 3. The van der Waals surface area contributed by atoms with Crippen LogP contribution in [0.25, 0.3) is 0 Å². The smallest absolute Gasteiger partial charge is 0.390 e. The van der Waals surface area contributed by atoms with Crippen molar-refractivity contribution in [2.24, 2.45) is 0 Å². The lowest BCUT2D eigenvalue weighted by molar-refractivity contribution is -0.132. The number of nitrogen functional groups attached to an aromatic ring is 1. The molecule has 19 heavy (non-hydrogen) atoms. The van der Waals surface area contributed by atoms with Crippen LogP contribution >= 0.6 is 0 Å². The average Bonchev–Trinajstić information content (AvgIpc) is 2.20. The molecule has 0 heterocycles. The quantitative estimate of drug-likeness (QED) is 0.658. The third-order valence-electron chi connectivity index (χ3n) is 2.04. The zero-order chi connectivity index (χ0) is 14.8. The molecule has 0 spiro atoms. The normalized spacial score (nSPS) is 12.7. The number of anilines is 1. The molecule has 0 amide bonds. The van der Waals surface area contributed by atoms with Crippen LogP contribution in [0.15, 0.2) is 17.0 Å². The van der Waals surface area contributed by atoms with E-state index in [9.17, 15) is 30.4 Å². The Balaban J connectivity index is 2.92. The van der Waals surface area contributed by atoms with Gasteiger partial charge in [-0.3, -0.25) is 0 Å². The first-order valence-electron chi connectivity index (χ1n) is 4.84. The van der Waals surface area contributed by atoms with Crippen molar-refractivity contribution in [3.05, 3.63) is 23.8 Å². The molecule has 10 heteroatoms. The second kappa shape index (κ2) is 5.29. The Kier molecular flexibility index (Phi) is 4.35. The number of benzene rings is 1. The molecule has 0 aliphatic heterocycles. The number of hydrogen-bond acceptors (Lipinski definition) is 3. The molecule has 4 nitrogen and oxygen atoms in total. The van der Waals surface area contributed by atoms with Crippen molar-refractivity contribution in [3.63, 3.8) is 0 Å². The molecule has 0 aromatic heterocycles. The van der Waals surface area contributed by atoms with Crippen molar-refractivity contribution in [2.45, 2.75) is 17.5 Å². The highest BCUT2D eigenvalue weighted by atomic mass is 32.2. The SMILES string of the molecule is Nc1cc(S(=O)(=O)NCCC(F)(F)F)c(F)cc1F. The van der Waals surface area contributed by atoms with E-state index in [1.807, 2.05) is 0 Å². The van der Waals surface area contributed by atoms with Crippen LogP contribution in [0.3, 0.4) is 0 Å². The summed E-state index contributed by atoms with van der Waals surface area (Å²) in [6.45, 7) is -0.956. The van der Waals surface area contributed by atoms with Gasteiger partial charge in [0.15, 0.2) is 0 Å². The van der Waals surface area contributed by atoms with E-state index in [4.69, 9.17) is 5.73 Å². The van der Waals surface area contributed by atoms with Crippen molar-refractivity contribution in [2.75, 3.05) is 12.3 Å². The topological polar surface area (TPSA) is 72.2 Å². The molecule has 0 unspecified atom stereocenters. The van der Waals surface area contributed by atoms with Crippen molar-refractivity contribution in [1.82, 2.24) is 4.72 Å². The van der Waals surface area contributed by atoms with Gasteiger partial charge in [0.1, 0.15) is 16.5 Å². The van der Waals surface area contributed by atoms with Gasteiger partial charge in [-0.2, -0.15) is 13.2 Å². The minimum atomic E-state index is -4.55. The van der Waals surface area contributed by atoms with Gasteiger partial charge in [0, 0.05) is 12.6 Å². The summed E-state index contributed by atoms with van der Waals surface area (Å²) in [6, 6.07) is 0.744. The first-order valence-corrected chi connectivity index (χ1v) is 6.32. The van der Waals surface area contributed by atoms with Crippen molar-refractivity contribution in [1.29, 1.82) is 0 Å². The van der Waals surface area contributed by atoms with Gasteiger partial charge in [-0.25, -0.2) is 21.9 Å². The van der Waals surface area contributed by atoms with Gasteiger partial charge in [0.05, 0.1) is 12.1 Å². The zero-order valence-electron chi connectivity index (χ0n) is 9.26. The molecule has 0 aliphatic rings. The second-order valence-corrected chi connectivity index (χ2v) is 5.30. The molecule has 3 N–H and O–H groups in total. The summed E-state index contributed by atoms with van der Waals surface area (Å²) in [7, 11) is -4.52. The van der Waals surface area contributed by atoms with Gasteiger partial charge in [-0.15, -0.1) is 0 Å². The van der Waals surface area contributed by atoms with Crippen LogP contribution in [0.4, 0.5) is 27.6 Å². The van der Waals surface area contributed by atoms with E-state index in [0.717, 1.165) is 0 Å². The highest BCUT2D eigenvalue weighted by Crippen LogP contribution is 2.22. The van der Waals surface area contributed by atoms with Gasteiger partial charge in [-0.05, 0) is 6.07 Å². The molecule has 0 bridgehead atoms. The Morgan fingerprint density at radius 1 is 1.16 bits per heavy atom. The fourth-order valence-corrected chi connectivity index (χ4v) is 2.28. The van der Waals surface area contributed by atoms with E-state index in [2.05, 4.69) is 0 Å². The Labute approximate surface area is 105 Å². The molecule has 0 aliphatic carbocycles. The summed E-state index contributed by atoms with van der Waals surface area (Å²) >= 11 is 0. The summed E-state index contributed by atoms with van der Waals surface area (Å²) in [4.78, 5) is -1.01. The van der Waals surface area contributed by atoms with Crippen LogP contribution in [0, 0.1) is 11.6 Å². The molecule has 1 aromatic carbocycles. The highest BCUT2D eigenvalue weighted by Gasteiger charge is 2.28. The molecule has 0 saturated carbocycles. The largest absolute Gasteiger partial charge is 0.396 e. The Morgan fingerprint density at radius 3 is 2.26 bits per heavy atom. The Bertz CT molecular complexity index is 571. The third-order valence-corrected chi connectivity index (χ3v) is 3.52. The van der Waals surface area contributed by atoms with E-state index < -0.39 is 51.4 Å². The molecular weight excluding hydrogens is 295 g/mol. The Morgan fingerprint density at radius 2 is 1.74 bits per heavy atom. The van der Waals surface area contributed by atoms with Crippen LogP contribution < -0.4 is 10.5 Å². The summed E-state index contributed by atoms with van der Waals surface area (Å²) in [5.41, 5.74) is 4.44. The fourth-order valence-electron chi connectivity index (χ4n) is 1.16. The monoisotopic (exact) mass is 304 g/mol. The molecule has 0 atom stereocenters. The molecule has 0 saturated heterocycles. The predicted octanol–water partition coefficient (Wildman–Crippen LogP) is 1.78. The lowest BCUT2D eigenvalue weighted by atomic mass is 10.3. The van der Waals surface area contributed by atoms with Gasteiger partial charge < -0.3 is 5.73 Å². The average molecular weight is 304 g/mol. The maximum absolute atomic E-state index is 13.3. The summed E-state index contributed by atoms with van der Waals surface area (Å²) in [6.07, 6.45) is -5.96. The van der Waals surface area contributed by atoms with Crippen LogP contribution in [0.2, 0.25) is 0 Å². The predicted molar refractivity (Wildman–Crippen MR) is 56.6 cm³/mol. The summed E-state index contributed by atoms with van der Waals surface area (Å²) in [5.74, 6) is -2.60. The van der Waals surface area contributed by atoms with Crippen LogP contribution in [0.5, 0.6) is 0 Å². The molecule has 0 radical (unpaired) electrons. The summed E-state index contributed by atoms with van der Waals surface area (Å²) < 4.78 is 86.2. The van der Waals surface area contributed by atoms with Gasteiger partial charge in [0.25, 0.3) is 0 Å². The van der Waals surface area contributed by atoms with Gasteiger partial charge >= 0.3 is 6.18 Å². The van der Waals surface area contributed by atoms with E-state index >= 15 is 0 Å². The fraction of sp³-hybridized carbons (Fsp3) is 0.333. The second-order valence-electron chi connectivity index (χ2n) is 3.57. The van der Waals surface area contributed by atoms with Crippen LogP contribution in [-0.4, -0.2) is 21.1 Å². The number of rotatable bonds is 4. The summed E-state index contributed by atoms with van der Waals surface area (Å²) in [5, 5.41) is 0. The number of hydrogen-bond donors (Lipinski definition) is 2. The lowest BCUT2D eigenvalue weighted by Gasteiger charge is -2.10. The minimum Gasteiger partial charge on any atom is -0.396 e. The van der Waals surface area contributed by atoms with Crippen molar-refractivity contribution < 1.29 is 30.4 Å². The van der Waals surface area contributed by atoms with Gasteiger partial charge in [0.2, 0.25) is 10.0 Å². The molecule has 1 rings (SSSR count). The third kappa shape index (κ3) is 4.31. The van der Waals surface area contributed by atoms with Gasteiger partial charge in [-0.1, -0.05) is 0 Å². The maximum atomic E-state index is 13.3. The molecule has 108 valence electrons. The van der Waals surface area contributed by atoms with E-state index in [1.54, 1.807) is 4.72 Å². The zero-order valence-corrected chi connectivity index (χ0v) is 10.1. The van der Waals surface area contributed by atoms with E-state index in [0.29, 0.717) is 6.07 Å². The number of halogens is 5. The first kappa shape index (κ1) is 15.6. The maximum Gasteiger partial charge on any atom is 0.390 e. The van der Waals surface area contributed by atoms with E-state index in [-0.39, 0.29) is 6.07 Å². The highest BCUT2D eigenvalue weighted by molar-refractivity contribution is 7.89. The molecule has 1 aromatic rings. The number of nitrogens with two attached hydrogens (primary N) is 1. The van der Waals surface area contributed by atoms with Crippen molar-refractivity contribution >= 4 is 15.7 Å². The van der Waals surface area contributed by atoms with Crippen molar-refractivity contribution in [3.8, 4) is 0 Å². The lowest BCUT2D eigenvalue weighted by Crippen LogP contribution is -2.28. The Hall–Kier alpha value is -1.42. The van der Waals surface area contributed by atoms with E-state index in [1.165, 1.54) is 0 Å². The molecule has 0 fully saturated rings. The first-order chi connectivity index (χ1) is 8.53. The number of sulfonamides is 1. The molecular formula is C9H9F5N2O2S. The van der Waals surface area contributed by atoms with Crippen LogP contribution in [-0.2, 0) is 10.0 Å².